The minimum atomic E-state index is -1.48. The van der Waals surface area contributed by atoms with Crippen LogP contribution in [0.4, 0.5) is 11.4 Å². The van der Waals surface area contributed by atoms with Gasteiger partial charge >= 0.3 is 0 Å². The number of benzene rings is 4. The topological polar surface area (TPSA) is 113 Å². The summed E-state index contributed by atoms with van der Waals surface area (Å²) in [6.07, 6.45) is 3.26. The number of hydrogen-bond acceptors (Lipinski definition) is 7. The molecule has 10 heteroatoms. The van der Waals surface area contributed by atoms with Gasteiger partial charge in [0.25, 0.3) is 0 Å². The number of phenols is 1. The third-order valence-corrected chi connectivity index (χ3v) is 11.8. The Morgan fingerprint density at radius 1 is 0.788 bits per heavy atom. The van der Waals surface area contributed by atoms with Crippen LogP contribution in [0.15, 0.2) is 103 Å². The molecule has 4 aliphatic rings. The number of halogens is 1. The van der Waals surface area contributed by atoms with Crippen molar-refractivity contribution in [3.05, 3.63) is 124 Å². The number of hydrogen-bond donors (Lipinski definition) is 1. The van der Waals surface area contributed by atoms with Crippen molar-refractivity contribution in [2.75, 3.05) is 24.0 Å². The SMILES string of the molecule is CCc1ccc(N2C(=O)C3CC=C4C(CC5C(=O)N(c6cccc(Cl)c6)C(=O)C5(c5ccccc5)C4c4cc(OC)c(O)c(OC)c4)C3C2=O)cc1. The summed E-state index contributed by atoms with van der Waals surface area (Å²) in [7, 11) is 2.86. The molecule has 1 N–H and O–H groups in total. The summed E-state index contributed by atoms with van der Waals surface area (Å²) in [5.74, 6) is -5.06. The monoisotopic (exact) mass is 716 g/mol. The Labute approximate surface area is 306 Å². The first kappa shape index (κ1) is 33.7. The van der Waals surface area contributed by atoms with Crippen molar-refractivity contribution in [2.45, 2.75) is 37.5 Å². The van der Waals surface area contributed by atoms with E-state index in [2.05, 4.69) is 0 Å². The number of carbonyl (C=O) groups excluding carboxylic acids is 4. The zero-order chi connectivity index (χ0) is 36.5. The van der Waals surface area contributed by atoms with Gasteiger partial charge in [0.05, 0.1) is 48.8 Å². The first-order valence-electron chi connectivity index (χ1n) is 17.5. The Morgan fingerprint density at radius 2 is 1.48 bits per heavy atom. The first-order chi connectivity index (χ1) is 25.1. The number of allylic oxidation sites excluding steroid dienone is 2. The molecule has 264 valence electrons. The Morgan fingerprint density at radius 3 is 2.12 bits per heavy atom. The van der Waals surface area contributed by atoms with Gasteiger partial charge < -0.3 is 14.6 Å². The molecule has 0 radical (unpaired) electrons. The van der Waals surface area contributed by atoms with E-state index in [-0.39, 0.29) is 41.9 Å². The van der Waals surface area contributed by atoms with E-state index < -0.39 is 46.8 Å². The highest BCUT2D eigenvalue weighted by Gasteiger charge is 2.70. The molecule has 2 heterocycles. The summed E-state index contributed by atoms with van der Waals surface area (Å²) in [5, 5.41) is 11.4. The highest BCUT2D eigenvalue weighted by molar-refractivity contribution is 6.32. The molecule has 6 atom stereocenters. The van der Waals surface area contributed by atoms with Gasteiger partial charge in [-0.25, -0.2) is 4.90 Å². The molecule has 0 spiro atoms. The molecule has 0 bridgehead atoms. The van der Waals surface area contributed by atoms with Gasteiger partial charge in [0.15, 0.2) is 11.5 Å². The number of anilines is 2. The van der Waals surface area contributed by atoms with Gasteiger partial charge in [-0.3, -0.25) is 24.1 Å². The lowest BCUT2D eigenvalue weighted by Gasteiger charge is -2.50. The van der Waals surface area contributed by atoms with E-state index in [1.807, 2.05) is 55.5 Å². The van der Waals surface area contributed by atoms with Crippen LogP contribution in [0.3, 0.4) is 0 Å². The van der Waals surface area contributed by atoms with Crippen LogP contribution in [0, 0.1) is 23.7 Å². The second kappa shape index (κ2) is 12.7. The van der Waals surface area contributed by atoms with Crippen molar-refractivity contribution in [1.82, 2.24) is 0 Å². The molecular weight excluding hydrogens is 680 g/mol. The van der Waals surface area contributed by atoms with Crippen LogP contribution < -0.4 is 19.3 Å². The molecule has 8 rings (SSSR count). The predicted octanol–water partition coefficient (Wildman–Crippen LogP) is 6.99. The minimum absolute atomic E-state index is 0.128. The van der Waals surface area contributed by atoms with Gasteiger partial charge in [-0.2, -0.15) is 0 Å². The van der Waals surface area contributed by atoms with Crippen molar-refractivity contribution in [3.8, 4) is 17.2 Å². The normalized spacial score (nSPS) is 26.5. The largest absolute Gasteiger partial charge is 0.502 e. The van der Waals surface area contributed by atoms with Crippen LogP contribution in [0.1, 0.15) is 42.4 Å². The van der Waals surface area contributed by atoms with E-state index in [4.69, 9.17) is 21.1 Å². The Balaban J connectivity index is 1.36. The molecule has 4 amide bonds. The molecule has 9 nitrogen and oxygen atoms in total. The van der Waals surface area contributed by atoms with Crippen molar-refractivity contribution in [1.29, 1.82) is 0 Å². The number of amides is 4. The number of aromatic hydroxyl groups is 1. The molecule has 4 aromatic rings. The summed E-state index contributed by atoms with van der Waals surface area (Å²) in [5.41, 5.74) is 2.44. The molecule has 2 aliphatic carbocycles. The van der Waals surface area contributed by atoms with Crippen molar-refractivity contribution in [2.24, 2.45) is 23.7 Å². The maximum absolute atomic E-state index is 15.4. The van der Waals surface area contributed by atoms with E-state index in [1.54, 1.807) is 48.5 Å². The fraction of sp³-hybridized carbons (Fsp3) is 0.286. The number of nitrogens with zero attached hydrogens (tertiary/aromatic N) is 2. The number of imide groups is 2. The summed E-state index contributed by atoms with van der Waals surface area (Å²) in [6, 6.07) is 26.7. The maximum Gasteiger partial charge on any atom is 0.246 e. The van der Waals surface area contributed by atoms with Crippen molar-refractivity contribution in [3.63, 3.8) is 0 Å². The molecule has 2 aliphatic heterocycles. The standard InChI is InChI=1S/C42H37ClN2O7/c1-4-23-13-15-27(16-14-23)44-38(47)30-18-17-29-31(35(30)40(44)49)22-32-39(48)45(28-12-8-11-26(43)21-28)41(50)42(32,25-9-6-5-7-10-25)36(29)24-19-33(51-2)37(46)34(20-24)52-3/h5-17,19-21,30-32,35-36,46H,4,18,22H2,1-3H3. The molecule has 3 fully saturated rings. The highest BCUT2D eigenvalue weighted by atomic mass is 35.5. The lowest BCUT2D eigenvalue weighted by atomic mass is 9.49. The molecular formula is C42H37ClN2O7. The lowest BCUT2D eigenvalue weighted by Crippen LogP contribution is -2.53. The second-order valence-electron chi connectivity index (χ2n) is 13.9. The van der Waals surface area contributed by atoms with Gasteiger partial charge in [-0.05, 0) is 84.3 Å². The van der Waals surface area contributed by atoms with Crippen molar-refractivity contribution >= 4 is 46.6 Å². The average Bonchev–Trinajstić information content (AvgIpc) is 3.56. The van der Waals surface area contributed by atoms with Crippen LogP contribution in [-0.2, 0) is 31.0 Å². The van der Waals surface area contributed by atoms with Crippen LogP contribution in [0.5, 0.6) is 17.2 Å². The fourth-order valence-corrected chi connectivity index (χ4v) is 9.52. The molecule has 0 aromatic heterocycles. The summed E-state index contributed by atoms with van der Waals surface area (Å²) in [4.78, 5) is 61.6. The molecule has 6 unspecified atom stereocenters. The number of methoxy groups -OCH3 is 2. The third kappa shape index (κ3) is 4.75. The van der Waals surface area contributed by atoms with Crippen LogP contribution in [0.25, 0.3) is 0 Å². The predicted molar refractivity (Wildman–Crippen MR) is 196 cm³/mol. The quantitative estimate of drug-likeness (QED) is 0.162. The Hall–Kier alpha value is -5.41. The van der Waals surface area contributed by atoms with Gasteiger partial charge in [0.2, 0.25) is 29.4 Å². The third-order valence-electron chi connectivity index (χ3n) is 11.6. The number of rotatable bonds is 7. The smallest absolute Gasteiger partial charge is 0.246 e. The molecule has 2 saturated heterocycles. The van der Waals surface area contributed by atoms with E-state index >= 15 is 4.79 Å². The Bertz CT molecular complexity index is 2140. The number of fused-ring (bicyclic) bond motifs is 4. The first-order valence-corrected chi connectivity index (χ1v) is 17.8. The summed E-state index contributed by atoms with van der Waals surface area (Å²) < 4.78 is 11.2. The number of ether oxygens (including phenoxy) is 2. The van der Waals surface area contributed by atoms with E-state index in [0.29, 0.717) is 27.5 Å². The maximum atomic E-state index is 15.4. The zero-order valence-electron chi connectivity index (χ0n) is 28.9. The van der Waals surface area contributed by atoms with Gasteiger partial charge in [-0.15, -0.1) is 0 Å². The average molecular weight is 717 g/mol. The van der Waals surface area contributed by atoms with Gasteiger partial charge in [0.1, 0.15) is 0 Å². The van der Waals surface area contributed by atoms with Gasteiger partial charge in [-0.1, -0.05) is 78.7 Å². The van der Waals surface area contributed by atoms with Gasteiger partial charge in [0, 0.05) is 10.9 Å². The van der Waals surface area contributed by atoms with Crippen LogP contribution >= 0.6 is 11.6 Å². The lowest BCUT2D eigenvalue weighted by molar-refractivity contribution is -0.127. The van der Waals surface area contributed by atoms with Crippen molar-refractivity contribution < 1.29 is 33.8 Å². The molecule has 1 saturated carbocycles. The van der Waals surface area contributed by atoms with E-state index in [1.165, 1.54) is 24.0 Å². The van der Waals surface area contributed by atoms with E-state index in [0.717, 1.165) is 17.6 Å². The number of aryl methyl sites for hydroxylation is 1. The zero-order valence-corrected chi connectivity index (χ0v) is 29.7. The summed E-state index contributed by atoms with van der Waals surface area (Å²) in [6.45, 7) is 2.04. The van der Waals surface area contributed by atoms with E-state index in [9.17, 15) is 19.5 Å². The fourth-order valence-electron chi connectivity index (χ4n) is 9.33. The number of carbonyl (C=O) groups is 4. The Kier molecular flexibility index (Phi) is 8.21. The second-order valence-corrected chi connectivity index (χ2v) is 14.3. The van der Waals surface area contributed by atoms with Crippen LogP contribution in [0.2, 0.25) is 5.02 Å². The number of phenolic OH excluding ortho intramolecular Hbond substituents is 1. The van der Waals surface area contributed by atoms with Crippen LogP contribution in [-0.4, -0.2) is 43.0 Å². The summed E-state index contributed by atoms with van der Waals surface area (Å²) >= 11 is 6.42. The molecule has 52 heavy (non-hydrogen) atoms. The molecule has 4 aromatic carbocycles. The highest BCUT2D eigenvalue weighted by Crippen LogP contribution is 2.65. The minimum Gasteiger partial charge on any atom is -0.502 e.